The van der Waals surface area contributed by atoms with E-state index in [-0.39, 0.29) is 28.6 Å². The van der Waals surface area contributed by atoms with Crippen molar-refractivity contribution in [2.75, 3.05) is 23.4 Å². The topological polar surface area (TPSA) is 102 Å². The lowest BCUT2D eigenvalue weighted by molar-refractivity contribution is -0.120. The lowest BCUT2D eigenvalue weighted by atomic mass is 10.2. The second kappa shape index (κ2) is 10.8. The Balaban J connectivity index is 1.80. The minimum Gasteiger partial charge on any atom is -0.462 e. The Bertz CT molecular complexity index is 1130. The van der Waals surface area contributed by atoms with Crippen molar-refractivity contribution in [2.45, 2.75) is 26.7 Å². The molecule has 0 saturated heterocycles. The van der Waals surface area contributed by atoms with Crippen LogP contribution in [-0.4, -0.2) is 37.0 Å². The van der Waals surface area contributed by atoms with Gasteiger partial charge in [0, 0.05) is 5.69 Å². The van der Waals surface area contributed by atoms with E-state index >= 15 is 0 Å². The number of amides is 2. The number of nitrogens with one attached hydrogen (secondary N) is 1. The van der Waals surface area contributed by atoms with Gasteiger partial charge in [0.15, 0.2) is 0 Å². The minimum atomic E-state index is -0.736. The van der Waals surface area contributed by atoms with Crippen LogP contribution in [0.4, 0.5) is 11.4 Å². The summed E-state index contributed by atoms with van der Waals surface area (Å²) in [6, 6.07) is 12.3. The third kappa shape index (κ3) is 5.40. The van der Waals surface area contributed by atoms with Crippen molar-refractivity contribution in [3.05, 3.63) is 70.4 Å². The van der Waals surface area contributed by atoms with Crippen molar-refractivity contribution >= 4 is 46.7 Å². The van der Waals surface area contributed by atoms with Crippen LogP contribution in [0.3, 0.4) is 0 Å². The minimum absolute atomic E-state index is 0.139. The highest BCUT2D eigenvalue weighted by Crippen LogP contribution is 2.31. The number of hydrogen-bond acceptors (Lipinski definition) is 7. The smallest absolute Gasteiger partial charge is 0.338 e. The predicted octanol–water partition coefficient (Wildman–Crippen LogP) is 4.26. The zero-order chi connectivity index (χ0) is 24.0. The van der Waals surface area contributed by atoms with Crippen molar-refractivity contribution in [1.82, 2.24) is 0 Å². The van der Waals surface area contributed by atoms with Gasteiger partial charge < -0.3 is 14.8 Å². The number of hydrogen-bond donors (Lipinski definition) is 1. The monoisotopic (exact) mass is 470 g/mol. The van der Waals surface area contributed by atoms with Crippen molar-refractivity contribution in [3.8, 4) is 0 Å². The van der Waals surface area contributed by atoms with Gasteiger partial charge in [0.2, 0.25) is 0 Å². The standard InChI is InChI=1S/C24H23ClN2O6/c1-3-5-12-33-24(31)15-8-6-10-17(13-15)26-20-19(25)21(28)27(22(20)29)18-11-7-9-16(14-18)23(30)32-4-2/h6-11,13-14,26H,3-5,12H2,1-2H3. The maximum atomic E-state index is 13.0. The third-order valence-electron chi connectivity index (χ3n) is 4.74. The molecule has 2 aromatic rings. The molecule has 1 aliphatic heterocycles. The van der Waals surface area contributed by atoms with Crippen molar-refractivity contribution in [3.63, 3.8) is 0 Å². The fourth-order valence-corrected chi connectivity index (χ4v) is 3.31. The second-order valence-corrected chi connectivity index (χ2v) is 7.48. The number of unbranched alkanes of at least 4 members (excludes halogenated alkanes) is 1. The largest absolute Gasteiger partial charge is 0.462 e. The van der Waals surface area contributed by atoms with Gasteiger partial charge in [-0.3, -0.25) is 9.59 Å². The molecule has 0 atom stereocenters. The number of carbonyl (C=O) groups excluding carboxylic acids is 4. The third-order valence-corrected chi connectivity index (χ3v) is 5.09. The highest BCUT2D eigenvalue weighted by Gasteiger charge is 2.39. The van der Waals surface area contributed by atoms with E-state index in [0.717, 1.165) is 17.7 Å². The maximum Gasteiger partial charge on any atom is 0.338 e. The quantitative estimate of drug-likeness (QED) is 0.332. The molecule has 0 saturated carbocycles. The summed E-state index contributed by atoms with van der Waals surface area (Å²) in [5.74, 6) is -2.49. The summed E-state index contributed by atoms with van der Waals surface area (Å²) in [7, 11) is 0. The molecule has 33 heavy (non-hydrogen) atoms. The first-order valence-electron chi connectivity index (χ1n) is 10.5. The van der Waals surface area contributed by atoms with Gasteiger partial charge in [-0.05, 0) is 49.7 Å². The van der Waals surface area contributed by atoms with E-state index in [4.69, 9.17) is 21.1 Å². The van der Waals surface area contributed by atoms with Gasteiger partial charge in [0.1, 0.15) is 10.7 Å². The van der Waals surface area contributed by atoms with E-state index in [1.165, 1.54) is 30.3 Å². The molecule has 0 aliphatic carbocycles. The van der Waals surface area contributed by atoms with Gasteiger partial charge in [-0.1, -0.05) is 37.1 Å². The molecule has 9 heteroatoms. The molecule has 0 bridgehead atoms. The highest BCUT2D eigenvalue weighted by molar-refractivity contribution is 6.53. The van der Waals surface area contributed by atoms with E-state index < -0.39 is 23.8 Å². The molecule has 0 fully saturated rings. The Hall–Kier alpha value is -3.65. The first-order chi connectivity index (χ1) is 15.9. The summed E-state index contributed by atoms with van der Waals surface area (Å²) in [5, 5.41) is 2.52. The summed E-state index contributed by atoms with van der Waals surface area (Å²) < 4.78 is 10.2. The fourth-order valence-electron chi connectivity index (χ4n) is 3.09. The second-order valence-electron chi connectivity index (χ2n) is 7.10. The lowest BCUT2D eigenvalue weighted by Crippen LogP contribution is -2.32. The number of nitrogens with zero attached hydrogens (tertiary/aromatic N) is 1. The van der Waals surface area contributed by atoms with Crippen LogP contribution >= 0.6 is 11.6 Å². The van der Waals surface area contributed by atoms with Gasteiger partial charge >= 0.3 is 11.9 Å². The molecular weight excluding hydrogens is 448 g/mol. The van der Waals surface area contributed by atoms with Gasteiger partial charge in [-0.15, -0.1) is 0 Å². The van der Waals surface area contributed by atoms with Crippen LogP contribution in [0.5, 0.6) is 0 Å². The van der Waals surface area contributed by atoms with E-state index in [1.54, 1.807) is 25.1 Å². The molecular formula is C24H23ClN2O6. The molecule has 0 radical (unpaired) electrons. The summed E-state index contributed by atoms with van der Waals surface area (Å²) >= 11 is 6.18. The van der Waals surface area contributed by atoms with Crippen molar-refractivity contribution < 1.29 is 28.7 Å². The summed E-state index contributed by atoms with van der Waals surface area (Å²) in [5.41, 5.74) is 0.917. The number of anilines is 2. The first kappa shape index (κ1) is 24.0. The van der Waals surface area contributed by atoms with Crippen LogP contribution < -0.4 is 10.2 Å². The Morgan fingerprint density at radius 1 is 0.939 bits per heavy atom. The Morgan fingerprint density at radius 2 is 1.61 bits per heavy atom. The zero-order valence-electron chi connectivity index (χ0n) is 18.2. The lowest BCUT2D eigenvalue weighted by Gasteiger charge is -2.16. The molecule has 0 unspecified atom stereocenters. The van der Waals surface area contributed by atoms with Gasteiger partial charge in [0.05, 0.1) is 30.0 Å². The summed E-state index contributed by atoms with van der Waals surface area (Å²) in [6.45, 7) is 4.18. The Labute approximate surface area is 196 Å². The molecule has 0 spiro atoms. The molecule has 3 rings (SSSR count). The van der Waals surface area contributed by atoms with Crippen LogP contribution in [0, 0.1) is 0 Å². The number of imide groups is 1. The number of ether oxygens (including phenoxy) is 2. The molecule has 172 valence electrons. The highest BCUT2D eigenvalue weighted by atomic mass is 35.5. The maximum absolute atomic E-state index is 13.0. The Morgan fingerprint density at radius 3 is 2.30 bits per heavy atom. The van der Waals surface area contributed by atoms with Crippen LogP contribution in [0.25, 0.3) is 0 Å². The Kier molecular flexibility index (Phi) is 7.84. The average Bonchev–Trinajstić information content (AvgIpc) is 3.02. The van der Waals surface area contributed by atoms with Gasteiger partial charge in [0.25, 0.3) is 11.8 Å². The number of halogens is 1. The van der Waals surface area contributed by atoms with E-state index in [9.17, 15) is 19.2 Å². The normalized spacial score (nSPS) is 13.4. The molecule has 1 N–H and O–H groups in total. The molecule has 1 aliphatic rings. The SMILES string of the molecule is CCCCOC(=O)c1cccc(NC2=C(Cl)C(=O)N(c3cccc(C(=O)OCC)c3)C2=O)c1. The van der Waals surface area contributed by atoms with Crippen LogP contribution in [0.1, 0.15) is 47.4 Å². The number of carbonyl (C=O) groups is 4. The van der Waals surface area contributed by atoms with Gasteiger partial charge in [-0.25, -0.2) is 14.5 Å². The number of rotatable bonds is 9. The zero-order valence-corrected chi connectivity index (χ0v) is 19.0. The van der Waals surface area contributed by atoms with Crippen molar-refractivity contribution in [1.29, 1.82) is 0 Å². The molecule has 8 nitrogen and oxygen atoms in total. The van der Waals surface area contributed by atoms with Crippen molar-refractivity contribution in [2.24, 2.45) is 0 Å². The van der Waals surface area contributed by atoms with E-state index in [0.29, 0.717) is 17.9 Å². The van der Waals surface area contributed by atoms with E-state index in [1.807, 2.05) is 6.92 Å². The molecule has 2 aromatic carbocycles. The van der Waals surface area contributed by atoms with Crippen LogP contribution in [-0.2, 0) is 19.1 Å². The number of esters is 2. The van der Waals surface area contributed by atoms with Gasteiger partial charge in [-0.2, -0.15) is 0 Å². The number of benzene rings is 2. The fraction of sp³-hybridized carbons (Fsp3) is 0.250. The predicted molar refractivity (Wildman–Crippen MR) is 123 cm³/mol. The van der Waals surface area contributed by atoms with Crippen LogP contribution in [0.2, 0.25) is 0 Å². The molecule has 2 amide bonds. The summed E-state index contributed by atoms with van der Waals surface area (Å²) in [6.07, 6.45) is 1.66. The molecule has 1 heterocycles. The van der Waals surface area contributed by atoms with Crippen LogP contribution in [0.15, 0.2) is 59.3 Å². The average molecular weight is 471 g/mol. The van der Waals surface area contributed by atoms with E-state index in [2.05, 4.69) is 5.32 Å². The molecule has 0 aromatic heterocycles. The summed E-state index contributed by atoms with van der Waals surface area (Å²) in [4.78, 5) is 50.8. The first-order valence-corrected chi connectivity index (χ1v) is 10.8.